The second-order valence-electron chi connectivity index (χ2n) is 9.97. The van der Waals surface area contributed by atoms with Crippen molar-refractivity contribution >= 4 is 22.7 Å². The number of hydrogen-bond donors (Lipinski definition) is 1. The van der Waals surface area contributed by atoms with E-state index in [2.05, 4.69) is 61.6 Å². The first kappa shape index (κ1) is 24.9. The Morgan fingerprint density at radius 1 is 1.03 bits per heavy atom. The molecule has 5 aromatic rings. The molecule has 5 heterocycles. The van der Waals surface area contributed by atoms with Crippen LogP contribution in [0.15, 0.2) is 64.2 Å². The maximum Gasteiger partial charge on any atom is 0.261 e. The zero-order valence-electron chi connectivity index (χ0n) is 22.3. The molecule has 10 nitrogen and oxygen atoms in total. The quantitative estimate of drug-likeness (QED) is 0.336. The summed E-state index contributed by atoms with van der Waals surface area (Å²) < 4.78 is 6.70. The smallest absolute Gasteiger partial charge is 0.261 e. The van der Waals surface area contributed by atoms with Gasteiger partial charge in [-0.1, -0.05) is 17.3 Å². The molecule has 0 amide bonds. The molecule has 1 N–H and O–H groups in total. The number of nitrogens with one attached hydrogen (secondary N) is 1. The van der Waals surface area contributed by atoms with E-state index in [1.54, 1.807) is 36.0 Å². The van der Waals surface area contributed by atoms with Gasteiger partial charge in [0.1, 0.15) is 5.65 Å². The molecule has 0 saturated carbocycles. The number of aryl methyl sites for hydroxylation is 2. The largest absolute Gasteiger partial charge is 0.339 e. The Bertz CT molecular complexity index is 1670. The maximum atomic E-state index is 13.4. The molecule has 39 heavy (non-hydrogen) atoms. The van der Waals surface area contributed by atoms with Crippen LogP contribution in [0.1, 0.15) is 37.1 Å². The normalized spacial score (nSPS) is 14.6. The van der Waals surface area contributed by atoms with Gasteiger partial charge >= 0.3 is 0 Å². The number of hydrogen-bond acceptors (Lipinski definition) is 9. The molecule has 6 rings (SSSR count). The average Bonchev–Trinajstić information content (AvgIpc) is 3.40. The van der Waals surface area contributed by atoms with E-state index < -0.39 is 0 Å². The van der Waals surface area contributed by atoms with Crippen molar-refractivity contribution in [1.29, 1.82) is 0 Å². The summed E-state index contributed by atoms with van der Waals surface area (Å²) in [5.41, 5.74) is 4.45. The lowest BCUT2D eigenvalue weighted by atomic mass is 9.89. The summed E-state index contributed by atoms with van der Waals surface area (Å²) in [6, 6.07) is 13.9. The molecule has 0 radical (unpaired) electrons. The molecule has 0 aliphatic carbocycles. The van der Waals surface area contributed by atoms with Gasteiger partial charge in [-0.2, -0.15) is 9.97 Å². The molecule has 1 fully saturated rings. The number of anilines is 2. The number of piperidine rings is 1. The average molecular weight is 523 g/mol. The lowest BCUT2D eigenvalue weighted by Gasteiger charge is -2.29. The molecule has 0 bridgehead atoms. The number of benzene rings is 1. The standard InChI is InChI=1S/C29H30N8O2/c1-4-37-27-22(15-24(28(37)38)25-10-7-21(16-30-25)26-32-18(2)39-35-26)17-31-29(34-27)33-23-8-5-19(6-9-23)20-11-13-36(3)14-12-20/h5-10,15-17,20H,4,11-14H2,1-3H3,(H,31,33,34). The van der Waals surface area contributed by atoms with Crippen molar-refractivity contribution in [3.63, 3.8) is 0 Å². The van der Waals surface area contributed by atoms with Crippen LogP contribution in [-0.2, 0) is 6.54 Å². The van der Waals surface area contributed by atoms with Gasteiger partial charge < -0.3 is 14.7 Å². The fourth-order valence-corrected chi connectivity index (χ4v) is 5.11. The van der Waals surface area contributed by atoms with Crippen molar-refractivity contribution in [2.75, 3.05) is 25.5 Å². The minimum Gasteiger partial charge on any atom is -0.339 e. The van der Waals surface area contributed by atoms with E-state index in [0.29, 0.717) is 52.6 Å². The van der Waals surface area contributed by atoms with Crippen LogP contribution in [0.3, 0.4) is 0 Å². The van der Waals surface area contributed by atoms with Crippen molar-refractivity contribution in [1.82, 2.24) is 34.6 Å². The van der Waals surface area contributed by atoms with Crippen molar-refractivity contribution < 1.29 is 4.52 Å². The third-order valence-electron chi connectivity index (χ3n) is 7.33. The van der Waals surface area contributed by atoms with Crippen molar-refractivity contribution in [2.45, 2.75) is 39.2 Å². The summed E-state index contributed by atoms with van der Waals surface area (Å²) in [7, 11) is 2.18. The molecular weight excluding hydrogens is 492 g/mol. The van der Waals surface area contributed by atoms with Crippen LogP contribution < -0.4 is 10.9 Å². The molecule has 1 aliphatic rings. The molecule has 198 valence electrons. The Morgan fingerprint density at radius 3 is 2.49 bits per heavy atom. The van der Waals surface area contributed by atoms with Crippen LogP contribution in [0.5, 0.6) is 0 Å². The lowest BCUT2D eigenvalue weighted by molar-refractivity contribution is 0.255. The highest BCUT2D eigenvalue weighted by molar-refractivity contribution is 5.81. The molecule has 0 spiro atoms. The highest BCUT2D eigenvalue weighted by Gasteiger charge is 2.18. The Balaban J connectivity index is 1.26. The SMILES string of the molecule is CCn1c(=O)c(-c2ccc(-c3noc(C)n3)cn2)cc2cnc(Nc3ccc(C4CCN(C)CC4)cc3)nc21. The van der Waals surface area contributed by atoms with Crippen molar-refractivity contribution in [3.05, 3.63) is 76.7 Å². The van der Waals surface area contributed by atoms with Crippen LogP contribution in [0.2, 0.25) is 0 Å². The van der Waals surface area contributed by atoms with Gasteiger partial charge in [-0.3, -0.25) is 14.3 Å². The van der Waals surface area contributed by atoms with Crippen LogP contribution in [0.4, 0.5) is 11.6 Å². The second-order valence-corrected chi connectivity index (χ2v) is 9.97. The van der Waals surface area contributed by atoms with E-state index in [1.807, 2.05) is 13.0 Å². The summed E-state index contributed by atoms with van der Waals surface area (Å²) in [5.74, 6) is 1.99. The Labute approximate surface area is 225 Å². The van der Waals surface area contributed by atoms with Gasteiger partial charge in [0, 0.05) is 42.5 Å². The fourth-order valence-electron chi connectivity index (χ4n) is 5.11. The third kappa shape index (κ3) is 5.03. The first-order chi connectivity index (χ1) is 19.0. The van der Waals surface area contributed by atoms with Crippen LogP contribution in [-0.4, -0.2) is 54.7 Å². The minimum absolute atomic E-state index is 0.159. The molecule has 1 saturated heterocycles. The molecular formula is C29H30N8O2. The number of rotatable bonds is 6. The number of aromatic nitrogens is 6. The predicted molar refractivity (Wildman–Crippen MR) is 150 cm³/mol. The van der Waals surface area contributed by atoms with Crippen LogP contribution >= 0.6 is 0 Å². The first-order valence-corrected chi connectivity index (χ1v) is 13.2. The Hall–Kier alpha value is -4.44. The van der Waals surface area contributed by atoms with Gasteiger partial charge in [-0.15, -0.1) is 0 Å². The molecule has 1 aliphatic heterocycles. The van der Waals surface area contributed by atoms with Crippen molar-refractivity contribution in [3.8, 4) is 22.6 Å². The first-order valence-electron chi connectivity index (χ1n) is 13.2. The van der Waals surface area contributed by atoms with Gasteiger partial charge in [0.15, 0.2) is 0 Å². The summed E-state index contributed by atoms with van der Waals surface area (Å²) >= 11 is 0. The highest BCUT2D eigenvalue weighted by Crippen LogP contribution is 2.29. The summed E-state index contributed by atoms with van der Waals surface area (Å²) in [5, 5.41) is 7.98. The lowest BCUT2D eigenvalue weighted by Crippen LogP contribution is -2.29. The molecule has 1 aromatic carbocycles. The molecule has 0 unspecified atom stereocenters. The third-order valence-corrected chi connectivity index (χ3v) is 7.33. The zero-order chi connectivity index (χ0) is 26.9. The second kappa shape index (κ2) is 10.4. The predicted octanol–water partition coefficient (Wildman–Crippen LogP) is 4.78. The minimum atomic E-state index is -0.159. The van der Waals surface area contributed by atoms with Crippen LogP contribution in [0, 0.1) is 6.92 Å². The van der Waals surface area contributed by atoms with E-state index in [0.717, 1.165) is 24.2 Å². The topological polar surface area (TPSA) is 115 Å². The van der Waals surface area contributed by atoms with Crippen molar-refractivity contribution in [2.24, 2.45) is 0 Å². The fraction of sp³-hybridized carbons (Fsp3) is 0.310. The van der Waals surface area contributed by atoms with E-state index in [1.165, 1.54) is 18.4 Å². The van der Waals surface area contributed by atoms with Gasteiger partial charge in [0.05, 0.1) is 11.3 Å². The summed E-state index contributed by atoms with van der Waals surface area (Å²) in [6.07, 6.45) is 5.75. The summed E-state index contributed by atoms with van der Waals surface area (Å²) in [4.78, 5) is 33.8. The zero-order valence-corrected chi connectivity index (χ0v) is 22.3. The monoisotopic (exact) mass is 522 g/mol. The Morgan fingerprint density at radius 2 is 1.82 bits per heavy atom. The summed E-state index contributed by atoms with van der Waals surface area (Å²) in [6.45, 7) is 6.40. The van der Waals surface area contributed by atoms with Gasteiger partial charge in [0.25, 0.3) is 5.56 Å². The number of pyridine rings is 2. The van der Waals surface area contributed by atoms with Crippen LogP contribution in [0.25, 0.3) is 33.7 Å². The molecule has 4 aromatic heterocycles. The van der Waals surface area contributed by atoms with Gasteiger partial charge in [-0.25, -0.2) is 4.98 Å². The number of fused-ring (bicyclic) bond motifs is 1. The maximum absolute atomic E-state index is 13.4. The van der Waals surface area contributed by atoms with E-state index >= 15 is 0 Å². The molecule has 10 heteroatoms. The highest BCUT2D eigenvalue weighted by atomic mass is 16.5. The van der Waals surface area contributed by atoms with E-state index in [-0.39, 0.29) is 5.56 Å². The molecule has 0 atom stereocenters. The Kier molecular flexibility index (Phi) is 6.62. The van der Waals surface area contributed by atoms with Gasteiger partial charge in [-0.05, 0) is 81.7 Å². The van der Waals surface area contributed by atoms with E-state index in [4.69, 9.17) is 9.51 Å². The number of nitrogens with zero attached hydrogens (tertiary/aromatic N) is 7. The van der Waals surface area contributed by atoms with E-state index in [9.17, 15) is 4.79 Å². The van der Waals surface area contributed by atoms with Gasteiger partial charge in [0.2, 0.25) is 17.7 Å². The number of likely N-dealkylation sites (tertiary alicyclic amines) is 1.